The molecule has 2 atom stereocenters. The number of carbonyl (C=O) groups excluding carboxylic acids is 2. The molecule has 3 aromatic rings. The van der Waals surface area contributed by atoms with E-state index in [9.17, 15) is 14.7 Å². The second kappa shape index (κ2) is 11.2. The summed E-state index contributed by atoms with van der Waals surface area (Å²) in [5, 5.41) is 23.3. The number of aromatic hydroxyl groups is 1. The number of hydrogen-bond acceptors (Lipinski definition) is 7. The summed E-state index contributed by atoms with van der Waals surface area (Å²) in [5.74, 6) is -0.510. The lowest BCUT2D eigenvalue weighted by Gasteiger charge is -2.26. The molecule has 0 saturated heterocycles. The minimum Gasteiger partial charge on any atom is -0.507 e. The van der Waals surface area contributed by atoms with Gasteiger partial charge in [0.2, 0.25) is 0 Å². The first-order chi connectivity index (χ1) is 15.9. The molecule has 0 aliphatic heterocycles. The van der Waals surface area contributed by atoms with Gasteiger partial charge in [0.1, 0.15) is 11.9 Å². The molecule has 0 heterocycles. The Balaban J connectivity index is 1.85. The number of benzene rings is 3. The first-order valence-corrected chi connectivity index (χ1v) is 11.0. The Morgan fingerprint density at radius 3 is 2.45 bits per heavy atom. The van der Waals surface area contributed by atoms with E-state index in [4.69, 9.17) is 14.7 Å². The number of esters is 1. The quantitative estimate of drug-likeness (QED) is 0.312. The Morgan fingerprint density at radius 2 is 1.79 bits per heavy atom. The zero-order valence-corrected chi connectivity index (χ0v) is 18.9. The van der Waals surface area contributed by atoms with Crippen LogP contribution in [0.1, 0.15) is 30.6 Å². The Hall–Kier alpha value is -3.70. The maximum atomic E-state index is 12.7. The Kier molecular flexibility index (Phi) is 8.17. The molecule has 0 bridgehead atoms. The number of anilines is 1. The second-order valence-electron chi connectivity index (χ2n) is 7.50. The van der Waals surface area contributed by atoms with Crippen molar-refractivity contribution in [2.75, 3.05) is 17.7 Å². The van der Waals surface area contributed by atoms with Crippen LogP contribution in [-0.4, -0.2) is 29.5 Å². The molecular weight excluding hydrogens is 440 g/mol. The lowest BCUT2D eigenvalue weighted by molar-refractivity contribution is -0.141. The average molecular weight is 465 g/mol. The van der Waals surface area contributed by atoms with Crippen LogP contribution in [0, 0.1) is 17.2 Å². The van der Waals surface area contributed by atoms with E-state index >= 15 is 0 Å². The molecule has 0 aliphatic carbocycles. The molecule has 0 radical (unpaired) electrons. The fourth-order valence-electron chi connectivity index (χ4n) is 3.49. The van der Waals surface area contributed by atoms with Gasteiger partial charge < -0.3 is 14.6 Å². The van der Waals surface area contributed by atoms with Gasteiger partial charge >= 0.3 is 12.1 Å². The predicted molar refractivity (Wildman–Crippen MR) is 128 cm³/mol. The monoisotopic (exact) mass is 464 g/mol. The van der Waals surface area contributed by atoms with Crippen LogP contribution in [0.5, 0.6) is 5.75 Å². The number of carbonyl (C=O) groups is 2. The van der Waals surface area contributed by atoms with Gasteiger partial charge in [-0.2, -0.15) is 17.9 Å². The number of ether oxygens (including phenoxy) is 2. The fourth-order valence-corrected chi connectivity index (χ4v) is 3.58. The van der Waals surface area contributed by atoms with Gasteiger partial charge in [0.15, 0.2) is 0 Å². The summed E-state index contributed by atoms with van der Waals surface area (Å²) in [5.41, 5.74) is 1.70. The fraction of sp³-hybridized carbons (Fsp3) is 0.240. The van der Waals surface area contributed by atoms with Crippen LogP contribution in [-0.2, 0) is 14.3 Å². The molecule has 0 unspecified atom stereocenters. The van der Waals surface area contributed by atoms with Crippen LogP contribution in [0.25, 0.3) is 10.8 Å². The number of nitrogens with zero attached hydrogens (tertiary/aromatic N) is 1. The Morgan fingerprint density at radius 1 is 1.09 bits per heavy atom. The summed E-state index contributed by atoms with van der Waals surface area (Å²) < 4.78 is 11.0. The molecule has 33 heavy (non-hydrogen) atoms. The minimum absolute atomic E-state index is 0.0100. The van der Waals surface area contributed by atoms with Crippen LogP contribution in [0.3, 0.4) is 0 Å². The molecule has 0 saturated carbocycles. The van der Waals surface area contributed by atoms with E-state index in [1.165, 1.54) is 0 Å². The van der Waals surface area contributed by atoms with Crippen LogP contribution < -0.4 is 5.32 Å². The van der Waals surface area contributed by atoms with Gasteiger partial charge in [-0.3, -0.25) is 10.1 Å². The van der Waals surface area contributed by atoms with Crippen LogP contribution in [0.2, 0.25) is 0 Å². The van der Waals surface area contributed by atoms with E-state index < -0.39 is 18.2 Å². The first-order valence-electron chi connectivity index (χ1n) is 10.4. The largest absolute Gasteiger partial charge is 0.507 e. The second-order valence-corrected chi connectivity index (χ2v) is 7.82. The molecule has 170 valence electrons. The standard InChI is InChI=1S/C25H24N2O5S/c1-16(12-13-31-23(29)15-33)24(21-10-11-22(28)20-5-3-2-4-19(20)21)32-25(30)27-18-8-6-17(14-26)7-9-18/h2-11,16,24,28,33H,12-13,15H2,1H3,(H,27,30)/t16-,24+/m0/s1. The number of phenolic OH excluding ortho intramolecular Hbond substituents is 1. The Labute approximate surface area is 197 Å². The molecule has 2 N–H and O–H groups in total. The van der Waals surface area contributed by atoms with Gasteiger partial charge in [-0.1, -0.05) is 37.3 Å². The van der Waals surface area contributed by atoms with Gasteiger partial charge in [0.05, 0.1) is 24.0 Å². The molecule has 8 heteroatoms. The number of nitrogens with one attached hydrogen (secondary N) is 1. The van der Waals surface area contributed by atoms with Gasteiger partial charge in [0.25, 0.3) is 0 Å². The third kappa shape index (κ3) is 6.18. The number of fused-ring (bicyclic) bond motifs is 1. The van der Waals surface area contributed by atoms with Crippen molar-refractivity contribution in [2.24, 2.45) is 5.92 Å². The predicted octanol–water partition coefficient (Wildman–Crippen LogP) is 5.21. The van der Waals surface area contributed by atoms with Gasteiger partial charge in [-0.25, -0.2) is 4.79 Å². The molecule has 7 nitrogen and oxygen atoms in total. The summed E-state index contributed by atoms with van der Waals surface area (Å²) in [6.07, 6.45) is -0.895. The van der Waals surface area contributed by atoms with Crippen molar-refractivity contribution in [1.29, 1.82) is 5.26 Å². The van der Waals surface area contributed by atoms with Crippen molar-refractivity contribution in [3.05, 3.63) is 71.8 Å². The van der Waals surface area contributed by atoms with Gasteiger partial charge in [-0.05, 0) is 42.1 Å². The lowest BCUT2D eigenvalue weighted by atomic mass is 9.90. The summed E-state index contributed by atoms with van der Waals surface area (Å²) in [6.45, 7) is 2.06. The highest BCUT2D eigenvalue weighted by Gasteiger charge is 2.26. The summed E-state index contributed by atoms with van der Waals surface area (Å²) in [7, 11) is 0. The van der Waals surface area contributed by atoms with Gasteiger partial charge in [-0.15, -0.1) is 0 Å². The number of phenols is 1. The molecule has 3 aromatic carbocycles. The number of hydrogen-bond donors (Lipinski definition) is 3. The molecule has 0 aliphatic rings. The summed E-state index contributed by atoms with van der Waals surface area (Å²) in [6, 6.07) is 19.1. The number of thiol groups is 1. The van der Waals surface area contributed by atoms with Crippen LogP contribution in [0.15, 0.2) is 60.7 Å². The molecule has 1 amide bonds. The number of amides is 1. The zero-order chi connectivity index (χ0) is 23.8. The highest BCUT2D eigenvalue weighted by molar-refractivity contribution is 7.81. The Bertz CT molecular complexity index is 1170. The van der Waals surface area contributed by atoms with Gasteiger partial charge in [0, 0.05) is 22.6 Å². The molecule has 0 spiro atoms. The summed E-state index contributed by atoms with van der Waals surface area (Å²) in [4.78, 5) is 24.2. The van der Waals surface area contributed by atoms with Crippen LogP contribution >= 0.6 is 12.6 Å². The van der Waals surface area contributed by atoms with Crippen LogP contribution in [0.4, 0.5) is 10.5 Å². The van der Waals surface area contributed by atoms with E-state index in [2.05, 4.69) is 17.9 Å². The van der Waals surface area contributed by atoms with E-state index in [1.54, 1.807) is 42.5 Å². The molecule has 3 rings (SSSR count). The average Bonchev–Trinajstić information content (AvgIpc) is 2.83. The number of nitriles is 1. The SMILES string of the molecule is C[C@@H](CCOC(=O)CS)[C@@H](OC(=O)Nc1ccc(C#N)cc1)c1ccc(O)c2ccccc12. The highest BCUT2D eigenvalue weighted by Crippen LogP contribution is 2.37. The van der Waals surface area contributed by atoms with E-state index in [0.717, 1.165) is 10.9 Å². The molecule has 0 aromatic heterocycles. The van der Waals surface area contributed by atoms with Crippen molar-refractivity contribution in [2.45, 2.75) is 19.4 Å². The van der Waals surface area contributed by atoms with Crippen molar-refractivity contribution in [3.63, 3.8) is 0 Å². The maximum Gasteiger partial charge on any atom is 0.412 e. The van der Waals surface area contributed by atoms with Crippen molar-refractivity contribution >= 4 is 41.2 Å². The van der Waals surface area contributed by atoms with E-state index in [0.29, 0.717) is 23.1 Å². The third-order valence-electron chi connectivity index (χ3n) is 5.22. The molecule has 0 fully saturated rings. The maximum absolute atomic E-state index is 12.7. The third-order valence-corrected chi connectivity index (χ3v) is 5.48. The normalized spacial score (nSPS) is 12.4. The topological polar surface area (TPSA) is 109 Å². The first kappa shape index (κ1) is 24.0. The van der Waals surface area contributed by atoms with Crippen molar-refractivity contribution in [1.82, 2.24) is 0 Å². The lowest BCUT2D eigenvalue weighted by Crippen LogP contribution is -2.23. The minimum atomic E-state index is -0.677. The molecular formula is C25H24N2O5S. The summed E-state index contributed by atoms with van der Waals surface area (Å²) >= 11 is 3.90. The smallest absolute Gasteiger partial charge is 0.412 e. The van der Waals surface area contributed by atoms with Crippen molar-refractivity contribution in [3.8, 4) is 11.8 Å². The zero-order valence-electron chi connectivity index (χ0n) is 18.0. The number of rotatable bonds is 8. The van der Waals surface area contributed by atoms with Crippen molar-refractivity contribution < 1.29 is 24.2 Å². The van der Waals surface area contributed by atoms with E-state index in [1.807, 2.05) is 31.2 Å². The van der Waals surface area contributed by atoms with E-state index in [-0.39, 0.29) is 24.0 Å². The highest BCUT2D eigenvalue weighted by atomic mass is 32.1.